The lowest BCUT2D eigenvalue weighted by molar-refractivity contribution is 0.863. The minimum atomic E-state index is -0.378. The van der Waals surface area contributed by atoms with Crippen molar-refractivity contribution in [2.45, 2.75) is 6.92 Å². The molecule has 142 valence electrons. The van der Waals surface area contributed by atoms with E-state index in [1.54, 1.807) is 29.8 Å². The molecule has 0 saturated heterocycles. The number of aryl methyl sites for hydroxylation is 1. The molecule has 2 aromatic heterocycles. The Hall–Kier alpha value is -3.40. The lowest BCUT2D eigenvalue weighted by Crippen LogP contribution is -2.11. The first-order chi connectivity index (χ1) is 14.0. The second-order valence-corrected chi connectivity index (χ2v) is 7.08. The van der Waals surface area contributed by atoms with Gasteiger partial charge < -0.3 is 4.98 Å². The van der Waals surface area contributed by atoms with E-state index in [1.165, 1.54) is 6.07 Å². The monoisotopic (exact) mass is 421 g/mol. The number of nitrogens with one attached hydrogen (secondary N) is 1. The zero-order chi connectivity index (χ0) is 20.5. The number of hydrogen-bond donors (Lipinski definition) is 1. The number of H-pyrrole nitrogens is 1. The first kappa shape index (κ1) is 18.9. The van der Waals surface area contributed by atoms with E-state index in [4.69, 9.17) is 23.2 Å². The van der Waals surface area contributed by atoms with E-state index in [-0.39, 0.29) is 17.0 Å². The van der Waals surface area contributed by atoms with Crippen LogP contribution >= 0.6 is 23.2 Å². The Labute approximate surface area is 175 Å². The second-order valence-electron chi connectivity index (χ2n) is 6.28. The molecule has 2 aromatic carbocycles. The van der Waals surface area contributed by atoms with E-state index < -0.39 is 0 Å². The third kappa shape index (κ3) is 3.54. The Kier molecular flexibility index (Phi) is 4.93. The van der Waals surface area contributed by atoms with E-state index in [1.807, 2.05) is 30.3 Å². The van der Waals surface area contributed by atoms with Crippen LogP contribution in [0, 0.1) is 18.3 Å². The van der Waals surface area contributed by atoms with E-state index in [0.29, 0.717) is 32.3 Å². The Morgan fingerprint density at radius 3 is 2.69 bits per heavy atom. The maximum atomic E-state index is 12.4. The number of halogens is 2. The maximum Gasteiger partial charge on any atom is 0.259 e. The quantitative estimate of drug-likeness (QED) is 0.481. The maximum absolute atomic E-state index is 12.4. The average molecular weight is 422 g/mol. The van der Waals surface area contributed by atoms with Gasteiger partial charge in [-0.3, -0.25) is 4.79 Å². The number of fused-ring (bicyclic) bond motifs is 1. The molecular weight excluding hydrogens is 409 g/mol. The SMILES string of the molecule is Cc1nn(-c2ccccc2)c(Cl)c1/C=C(\C#N)c1nc2ccc(Cl)cc2c(=O)[nH]1. The fourth-order valence-electron chi connectivity index (χ4n) is 2.95. The molecule has 0 atom stereocenters. The zero-order valence-electron chi connectivity index (χ0n) is 15.1. The van der Waals surface area contributed by atoms with E-state index >= 15 is 0 Å². The summed E-state index contributed by atoms with van der Waals surface area (Å²) in [5.74, 6) is 0.148. The number of nitrogens with zero attached hydrogens (tertiary/aromatic N) is 4. The van der Waals surface area contributed by atoms with Gasteiger partial charge in [-0.1, -0.05) is 41.4 Å². The number of hydrogen-bond acceptors (Lipinski definition) is 4. The summed E-state index contributed by atoms with van der Waals surface area (Å²) in [6.07, 6.45) is 1.57. The van der Waals surface area contributed by atoms with Crippen molar-refractivity contribution in [3.63, 3.8) is 0 Å². The minimum absolute atomic E-state index is 0.148. The van der Waals surface area contributed by atoms with Crippen LogP contribution in [0.15, 0.2) is 53.3 Å². The smallest absolute Gasteiger partial charge is 0.259 e. The van der Waals surface area contributed by atoms with Crippen LogP contribution in [0.2, 0.25) is 10.2 Å². The summed E-state index contributed by atoms with van der Waals surface area (Å²) in [4.78, 5) is 19.4. The van der Waals surface area contributed by atoms with Crippen molar-refractivity contribution < 1.29 is 0 Å². The van der Waals surface area contributed by atoms with Crippen molar-refractivity contribution in [3.8, 4) is 11.8 Å². The predicted molar refractivity (Wildman–Crippen MR) is 114 cm³/mol. The van der Waals surface area contributed by atoms with Gasteiger partial charge >= 0.3 is 0 Å². The minimum Gasteiger partial charge on any atom is -0.305 e. The Balaban J connectivity index is 1.85. The highest BCUT2D eigenvalue weighted by Gasteiger charge is 2.16. The first-order valence-corrected chi connectivity index (χ1v) is 9.36. The van der Waals surface area contributed by atoms with Crippen LogP contribution in [0.1, 0.15) is 17.1 Å². The highest BCUT2D eigenvalue weighted by molar-refractivity contribution is 6.32. The molecule has 0 spiro atoms. The molecule has 1 N–H and O–H groups in total. The van der Waals surface area contributed by atoms with Crippen LogP contribution in [0.5, 0.6) is 0 Å². The molecule has 0 amide bonds. The summed E-state index contributed by atoms with van der Waals surface area (Å²) < 4.78 is 1.59. The molecule has 0 aliphatic carbocycles. The van der Waals surface area contributed by atoms with E-state index in [9.17, 15) is 10.1 Å². The van der Waals surface area contributed by atoms with Gasteiger partial charge in [0.15, 0.2) is 5.82 Å². The third-order valence-corrected chi connectivity index (χ3v) is 4.98. The zero-order valence-corrected chi connectivity index (χ0v) is 16.7. The number of benzene rings is 2. The van der Waals surface area contributed by atoms with Crippen LogP contribution < -0.4 is 5.56 Å². The van der Waals surface area contributed by atoms with Gasteiger partial charge in [0.25, 0.3) is 5.56 Å². The normalized spacial score (nSPS) is 11.6. The Morgan fingerprint density at radius 1 is 1.21 bits per heavy atom. The van der Waals surface area contributed by atoms with Crippen molar-refractivity contribution in [2.75, 3.05) is 0 Å². The molecule has 4 aromatic rings. The molecule has 6 nitrogen and oxygen atoms in total. The molecule has 29 heavy (non-hydrogen) atoms. The van der Waals surface area contributed by atoms with Gasteiger partial charge in [-0.2, -0.15) is 10.4 Å². The van der Waals surface area contributed by atoms with Gasteiger partial charge in [-0.15, -0.1) is 0 Å². The van der Waals surface area contributed by atoms with Gasteiger partial charge in [0.2, 0.25) is 0 Å². The summed E-state index contributed by atoms with van der Waals surface area (Å²) in [6, 6.07) is 16.3. The molecular formula is C21H13Cl2N5O. The van der Waals surface area contributed by atoms with E-state index in [0.717, 1.165) is 5.69 Å². The average Bonchev–Trinajstić information content (AvgIpc) is 3.01. The van der Waals surface area contributed by atoms with Gasteiger partial charge in [-0.05, 0) is 43.3 Å². The molecule has 4 rings (SSSR count). The molecule has 0 unspecified atom stereocenters. The molecule has 8 heteroatoms. The number of para-hydroxylation sites is 1. The number of allylic oxidation sites excluding steroid dienone is 1. The number of aromatic nitrogens is 4. The second kappa shape index (κ2) is 7.55. The largest absolute Gasteiger partial charge is 0.305 e. The fourth-order valence-corrected chi connectivity index (χ4v) is 3.45. The molecule has 0 fully saturated rings. The lowest BCUT2D eigenvalue weighted by atomic mass is 10.1. The summed E-state index contributed by atoms with van der Waals surface area (Å²) in [5, 5.41) is 15.3. The Morgan fingerprint density at radius 2 is 1.97 bits per heavy atom. The predicted octanol–water partition coefficient (Wildman–Crippen LogP) is 4.79. The van der Waals surface area contributed by atoms with Gasteiger partial charge in [0, 0.05) is 10.6 Å². The van der Waals surface area contributed by atoms with Crippen LogP contribution in [0.4, 0.5) is 0 Å². The number of aromatic amines is 1. The van der Waals surface area contributed by atoms with Crippen molar-refractivity contribution in [2.24, 2.45) is 0 Å². The van der Waals surface area contributed by atoms with Crippen molar-refractivity contribution in [3.05, 3.63) is 86.1 Å². The van der Waals surface area contributed by atoms with Crippen LogP contribution in [-0.4, -0.2) is 19.7 Å². The highest BCUT2D eigenvalue weighted by atomic mass is 35.5. The first-order valence-electron chi connectivity index (χ1n) is 8.60. The molecule has 0 aliphatic rings. The summed E-state index contributed by atoms with van der Waals surface area (Å²) in [6.45, 7) is 1.80. The van der Waals surface area contributed by atoms with Gasteiger partial charge in [-0.25, -0.2) is 9.67 Å². The van der Waals surface area contributed by atoms with Gasteiger partial charge in [0.1, 0.15) is 11.2 Å². The number of rotatable bonds is 3. The molecule has 0 aliphatic heterocycles. The number of nitriles is 1. The van der Waals surface area contributed by atoms with Crippen LogP contribution in [0.25, 0.3) is 28.2 Å². The lowest BCUT2D eigenvalue weighted by Gasteiger charge is -2.03. The molecule has 2 heterocycles. The molecule has 0 saturated carbocycles. The summed E-state index contributed by atoms with van der Waals surface area (Å²) in [5.41, 5.74) is 2.24. The topological polar surface area (TPSA) is 87.4 Å². The molecule has 0 bridgehead atoms. The standard InChI is InChI=1S/C21H13Cl2N5O/c1-12-16(19(23)28(27-12)15-5-3-2-4-6-15)9-13(11-24)20-25-18-8-7-14(22)10-17(18)21(29)26-20/h2-10H,1H3,(H,25,26,29)/b13-9+. The van der Waals surface area contributed by atoms with Gasteiger partial charge in [0.05, 0.1) is 27.9 Å². The summed E-state index contributed by atoms with van der Waals surface area (Å²) in [7, 11) is 0. The summed E-state index contributed by atoms with van der Waals surface area (Å²) >= 11 is 12.5. The van der Waals surface area contributed by atoms with Crippen molar-refractivity contribution in [1.29, 1.82) is 5.26 Å². The highest BCUT2D eigenvalue weighted by Crippen LogP contribution is 2.27. The Bertz CT molecular complexity index is 1360. The fraction of sp³-hybridized carbons (Fsp3) is 0.0476. The van der Waals surface area contributed by atoms with Crippen LogP contribution in [0.3, 0.4) is 0 Å². The van der Waals surface area contributed by atoms with Crippen LogP contribution in [-0.2, 0) is 0 Å². The third-order valence-electron chi connectivity index (χ3n) is 4.38. The van der Waals surface area contributed by atoms with E-state index in [2.05, 4.69) is 21.1 Å². The van der Waals surface area contributed by atoms with Crippen molar-refractivity contribution >= 4 is 45.8 Å². The van der Waals surface area contributed by atoms with Crippen molar-refractivity contribution in [1.82, 2.24) is 19.7 Å². The molecule has 0 radical (unpaired) electrons.